The van der Waals surface area contributed by atoms with Crippen molar-refractivity contribution in [3.63, 3.8) is 0 Å². The minimum Gasteiger partial charge on any atom is -0.497 e. The molecule has 0 amide bonds. The molecule has 0 aromatic heterocycles. The van der Waals surface area contributed by atoms with Gasteiger partial charge >= 0.3 is 7.12 Å². The predicted octanol–water partition coefficient (Wildman–Crippen LogP) is 1.76. The first kappa shape index (κ1) is 13.9. The number of rotatable bonds is 2. The van der Waals surface area contributed by atoms with Crippen LogP contribution in [0.1, 0.15) is 22.3 Å². The summed E-state index contributed by atoms with van der Waals surface area (Å²) in [5.41, 5.74) is 5.11. The average molecular weight is 258 g/mol. The maximum absolute atomic E-state index is 9.68. The number of benzene rings is 2. The molecule has 2 aromatic carbocycles. The molecule has 0 aliphatic rings. The first-order valence-electron chi connectivity index (χ1n) is 6.33. The first-order valence-corrected chi connectivity index (χ1v) is 6.33. The summed E-state index contributed by atoms with van der Waals surface area (Å²) >= 11 is 0. The topological polar surface area (TPSA) is 49.7 Å². The van der Waals surface area contributed by atoms with Gasteiger partial charge in [0.15, 0.2) is 0 Å². The molecule has 2 aromatic rings. The summed E-state index contributed by atoms with van der Waals surface area (Å²) in [6.45, 7) is 8.22. The minimum atomic E-state index is -1.54. The van der Waals surface area contributed by atoms with Gasteiger partial charge < -0.3 is 14.8 Å². The van der Waals surface area contributed by atoms with Crippen LogP contribution >= 0.6 is 0 Å². The molecule has 100 valence electrons. The summed E-state index contributed by atoms with van der Waals surface area (Å²) < 4.78 is 5.26. The standard InChI is InChI=1S/C15H19BO3/c1-8-9(2)11(4)14-12(10(8)3)6-7-13(19-5)15(14)16(17)18/h6-7,17-18H,1-5H3. The lowest BCUT2D eigenvalue weighted by molar-refractivity contribution is 0.404. The van der Waals surface area contributed by atoms with Crippen molar-refractivity contribution in [1.29, 1.82) is 0 Å². The van der Waals surface area contributed by atoms with Gasteiger partial charge in [0.1, 0.15) is 5.75 Å². The zero-order valence-corrected chi connectivity index (χ0v) is 12.0. The van der Waals surface area contributed by atoms with E-state index in [1.807, 2.05) is 13.0 Å². The second-order valence-electron chi connectivity index (χ2n) is 4.98. The summed E-state index contributed by atoms with van der Waals surface area (Å²) in [6.07, 6.45) is 0. The van der Waals surface area contributed by atoms with Crippen molar-refractivity contribution in [2.45, 2.75) is 27.7 Å². The molecule has 0 spiro atoms. The quantitative estimate of drug-likeness (QED) is 0.807. The molecule has 4 heteroatoms. The van der Waals surface area contributed by atoms with Gasteiger partial charge in [-0.2, -0.15) is 0 Å². The van der Waals surface area contributed by atoms with E-state index in [0.717, 1.165) is 16.3 Å². The minimum absolute atomic E-state index is 0.448. The third-order valence-corrected chi connectivity index (χ3v) is 4.15. The highest BCUT2D eigenvalue weighted by atomic mass is 16.5. The van der Waals surface area contributed by atoms with Crippen molar-refractivity contribution in [1.82, 2.24) is 0 Å². The van der Waals surface area contributed by atoms with E-state index in [0.29, 0.717) is 11.2 Å². The SMILES string of the molecule is COc1ccc2c(C)c(C)c(C)c(C)c2c1B(O)O. The molecule has 0 saturated carbocycles. The smallest absolute Gasteiger partial charge is 0.492 e. The molecule has 2 N–H and O–H groups in total. The van der Waals surface area contributed by atoms with Crippen LogP contribution in [-0.2, 0) is 0 Å². The number of fused-ring (bicyclic) bond motifs is 1. The van der Waals surface area contributed by atoms with Gasteiger partial charge in [-0.05, 0) is 66.8 Å². The van der Waals surface area contributed by atoms with Crippen molar-refractivity contribution in [2.24, 2.45) is 0 Å². The van der Waals surface area contributed by atoms with E-state index in [4.69, 9.17) is 4.74 Å². The molecule has 0 aliphatic heterocycles. The van der Waals surface area contributed by atoms with Crippen LogP contribution in [0.3, 0.4) is 0 Å². The molecule has 0 atom stereocenters. The highest BCUT2D eigenvalue weighted by Gasteiger charge is 2.23. The fourth-order valence-corrected chi connectivity index (χ4v) is 2.70. The van der Waals surface area contributed by atoms with Crippen LogP contribution in [0.5, 0.6) is 5.75 Å². The van der Waals surface area contributed by atoms with Gasteiger partial charge in [0.2, 0.25) is 0 Å². The van der Waals surface area contributed by atoms with Crippen LogP contribution in [0.2, 0.25) is 0 Å². The van der Waals surface area contributed by atoms with Gasteiger partial charge in [-0.1, -0.05) is 6.07 Å². The van der Waals surface area contributed by atoms with Crippen LogP contribution in [0.4, 0.5) is 0 Å². The maximum Gasteiger partial charge on any atom is 0.492 e. The molecular formula is C15H19BO3. The Bertz CT molecular complexity index is 648. The summed E-state index contributed by atoms with van der Waals surface area (Å²) in [5.74, 6) is 0.508. The average Bonchev–Trinajstić information content (AvgIpc) is 2.40. The third-order valence-electron chi connectivity index (χ3n) is 4.15. The zero-order valence-electron chi connectivity index (χ0n) is 12.0. The number of hydrogen-bond donors (Lipinski definition) is 2. The largest absolute Gasteiger partial charge is 0.497 e. The summed E-state index contributed by atoms with van der Waals surface area (Å²) in [6, 6.07) is 3.77. The van der Waals surface area contributed by atoms with Gasteiger partial charge in [0.05, 0.1) is 7.11 Å². The Balaban J connectivity index is 3.04. The van der Waals surface area contributed by atoms with E-state index in [1.54, 1.807) is 6.07 Å². The summed E-state index contributed by atoms with van der Waals surface area (Å²) in [4.78, 5) is 0. The number of hydrogen-bond acceptors (Lipinski definition) is 3. The molecule has 0 unspecified atom stereocenters. The Morgan fingerprint density at radius 2 is 1.47 bits per heavy atom. The molecule has 3 nitrogen and oxygen atoms in total. The Hall–Kier alpha value is -1.52. The lowest BCUT2D eigenvalue weighted by Gasteiger charge is -2.19. The summed E-state index contributed by atoms with van der Waals surface area (Å²) in [7, 11) is -0.00475. The van der Waals surface area contributed by atoms with Crippen molar-refractivity contribution in [3.05, 3.63) is 34.4 Å². The van der Waals surface area contributed by atoms with Gasteiger partial charge in [-0.3, -0.25) is 0 Å². The molecular weight excluding hydrogens is 239 g/mol. The van der Waals surface area contributed by atoms with Crippen molar-refractivity contribution in [3.8, 4) is 5.75 Å². The molecule has 0 saturated heterocycles. The summed E-state index contributed by atoms with van der Waals surface area (Å²) in [5, 5.41) is 21.3. The molecule has 0 heterocycles. The second kappa shape index (κ2) is 4.87. The predicted molar refractivity (Wildman–Crippen MR) is 79.3 cm³/mol. The van der Waals surface area contributed by atoms with Crippen LogP contribution < -0.4 is 10.2 Å². The normalized spacial score (nSPS) is 10.9. The van der Waals surface area contributed by atoms with Gasteiger partial charge in [-0.15, -0.1) is 0 Å². The second-order valence-corrected chi connectivity index (χ2v) is 4.98. The van der Waals surface area contributed by atoms with E-state index >= 15 is 0 Å². The lowest BCUT2D eigenvalue weighted by atomic mass is 9.73. The van der Waals surface area contributed by atoms with E-state index < -0.39 is 7.12 Å². The van der Waals surface area contributed by atoms with Crippen molar-refractivity contribution < 1.29 is 14.8 Å². The van der Waals surface area contributed by atoms with Crippen molar-refractivity contribution >= 4 is 23.4 Å². The Morgan fingerprint density at radius 1 is 0.895 bits per heavy atom. The first-order chi connectivity index (χ1) is 8.90. The Labute approximate surface area is 114 Å². The van der Waals surface area contributed by atoms with Gasteiger partial charge in [-0.25, -0.2) is 0 Å². The number of ether oxygens (including phenoxy) is 1. The fourth-order valence-electron chi connectivity index (χ4n) is 2.70. The molecule has 2 rings (SSSR count). The van der Waals surface area contributed by atoms with Crippen LogP contribution in [-0.4, -0.2) is 24.3 Å². The third kappa shape index (κ3) is 2.01. The lowest BCUT2D eigenvalue weighted by Crippen LogP contribution is -2.32. The Morgan fingerprint density at radius 3 is 2.00 bits per heavy atom. The monoisotopic (exact) mass is 258 g/mol. The van der Waals surface area contributed by atoms with Crippen LogP contribution in [0.25, 0.3) is 10.8 Å². The zero-order chi connectivity index (χ0) is 14.3. The van der Waals surface area contributed by atoms with Gasteiger partial charge in [0, 0.05) is 5.46 Å². The molecule has 0 bridgehead atoms. The number of methoxy groups -OCH3 is 1. The Kier molecular flexibility index (Phi) is 3.57. The van der Waals surface area contributed by atoms with E-state index in [9.17, 15) is 10.0 Å². The maximum atomic E-state index is 9.68. The number of aryl methyl sites for hydroxylation is 2. The van der Waals surface area contributed by atoms with E-state index in [1.165, 1.54) is 23.8 Å². The molecule has 0 radical (unpaired) electrons. The van der Waals surface area contributed by atoms with Crippen LogP contribution in [0.15, 0.2) is 12.1 Å². The van der Waals surface area contributed by atoms with Crippen LogP contribution in [0, 0.1) is 27.7 Å². The van der Waals surface area contributed by atoms with E-state index in [2.05, 4.69) is 20.8 Å². The highest BCUT2D eigenvalue weighted by Crippen LogP contribution is 2.30. The van der Waals surface area contributed by atoms with Crippen molar-refractivity contribution in [2.75, 3.05) is 7.11 Å². The molecule has 0 aliphatic carbocycles. The molecule has 0 fully saturated rings. The molecule has 19 heavy (non-hydrogen) atoms. The fraction of sp³-hybridized carbons (Fsp3) is 0.333. The highest BCUT2D eigenvalue weighted by molar-refractivity contribution is 6.63. The van der Waals surface area contributed by atoms with Gasteiger partial charge in [0.25, 0.3) is 0 Å². The van der Waals surface area contributed by atoms with E-state index in [-0.39, 0.29) is 0 Å².